The van der Waals surface area contributed by atoms with Gasteiger partial charge in [0.05, 0.1) is 16.0 Å². The predicted molar refractivity (Wildman–Crippen MR) is 76.5 cm³/mol. The van der Waals surface area contributed by atoms with Crippen molar-refractivity contribution in [3.8, 4) is 0 Å². The number of hydrogen-bond acceptors (Lipinski definition) is 2. The Bertz CT molecular complexity index is 576. The molecule has 0 amide bonds. The van der Waals surface area contributed by atoms with Crippen LogP contribution >= 0.6 is 22.9 Å². The van der Waals surface area contributed by atoms with Crippen molar-refractivity contribution in [2.75, 3.05) is 0 Å². The summed E-state index contributed by atoms with van der Waals surface area (Å²) in [6.07, 6.45) is 1.42. The fourth-order valence-corrected chi connectivity index (χ4v) is 3.94. The topological polar surface area (TPSA) is 20.2 Å². The Kier molecular flexibility index (Phi) is 3.18. The number of aryl methyl sites for hydroxylation is 1. The Hall–Kier alpha value is -0.830. The normalized spacial score (nSPS) is 19.2. The summed E-state index contributed by atoms with van der Waals surface area (Å²) in [5, 5.41) is 13.0. The number of halogens is 1. The third-order valence-electron chi connectivity index (χ3n) is 3.70. The maximum atomic E-state index is 10.3. The molecule has 0 spiro atoms. The van der Waals surface area contributed by atoms with Gasteiger partial charge in [-0.05, 0) is 47.8 Å². The van der Waals surface area contributed by atoms with E-state index in [-0.39, 0.29) is 0 Å². The molecule has 1 aliphatic rings. The largest absolute Gasteiger partial charge is 0.388 e. The fraction of sp³-hybridized carbons (Fsp3) is 0.333. The summed E-state index contributed by atoms with van der Waals surface area (Å²) in [6.45, 7) is 1.98. The smallest absolute Gasteiger partial charge is 0.0903 e. The van der Waals surface area contributed by atoms with Crippen molar-refractivity contribution < 1.29 is 5.11 Å². The summed E-state index contributed by atoms with van der Waals surface area (Å²) in [6, 6.07) is 8.47. The Balaban J connectivity index is 1.74. The highest BCUT2D eigenvalue weighted by molar-refractivity contribution is 7.10. The minimum absolute atomic E-state index is 0.436. The zero-order chi connectivity index (χ0) is 12.7. The summed E-state index contributed by atoms with van der Waals surface area (Å²) in [4.78, 5) is 0.915. The summed E-state index contributed by atoms with van der Waals surface area (Å²) in [7, 11) is 0. The second-order valence-corrected chi connectivity index (χ2v) is 6.24. The van der Waals surface area contributed by atoms with Crippen LogP contribution in [0.4, 0.5) is 0 Å². The number of rotatable bonds is 3. The zero-order valence-electron chi connectivity index (χ0n) is 10.2. The molecule has 0 saturated carbocycles. The van der Waals surface area contributed by atoms with Crippen LogP contribution in [-0.4, -0.2) is 5.11 Å². The Labute approximate surface area is 116 Å². The summed E-state index contributed by atoms with van der Waals surface area (Å²) in [5.41, 5.74) is 3.87. The molecule has 2 aromatic rings. The maximum absolute atomic E-state index is 10.3. The van der Waals surface area contributed by atoms with Crippen molar-refractivity contribution in [3.63, 3.8) is 0 Å². The number of aliphatic hydroxyl groups excluding tert-OH is 1. The van der Waals surface area contributed by atoms with Gasteiger partial charge in [-0.25, -0.2) is 0 Å². The van der Waals surface area contributed by atoms with Crippen molar-refractivity contribution in [1.82, 2.24) is 0 Å². The van der Waals surface area contributed by atoms with Crippen molar-refractivity contribution in [2.24, 2.45) is 0 Å². The molecule has 0 saturated heterocycles. The fourth-order valence-electron chi connectivity index (χ4n) is 2.62. The lowest BCUT2D eigenvalue weighted by Crippen LogP contribution is -2.19. The molecule has 2 unspecified atom stereocenters. The van der Waals surface area contributed by atoms with E-state index < -0.39 is 6.10 Å². The lowest BCUT2D eigenvalue weighted by molar-refractivity contribution is 0.157. The van der Waals surface area contributed by atoms with Gasteiger partial charge in [0.2, 0.25) is 0 Å². The van der Waals surface area contributed by atoms with E-state index in [1.165, 1.54) is 11.1 Å². The van der Waals surface area contributed by atoms with Gasteiger partial charge in [-0.1, -0.05) is 35.9 Å². The van der Waals surface area contributed by atoms with E-state index >= 15 is 0 Å². The SMILES string of the molecule is Cc1csc(C(O)CC2Cc3ccccc32)c1Cl. The van der Waals surface area contributed by atoms with Gasteiger partial charge in [0.1, 0.15) is 0 Å². The quantitative estimate of drug-likeness (QED) is 0.878. The van der Waals surface area contributed by atoms with Crippen LogP contribution in [0.15, 0.2) is 29.6 Å². The Morgan fingerprint density at radius 2 is 2.22 bits per heavy atom. The summed E-state index contributed by atoms with van der Waals surface area (Å²) < 4.78 is 0. The molecule has 0 fully saturated rings. The number of benzene rings is 1. The molecule has 0 aliphatic heterocycles. The van der Waals surface area contributed by atoms with Crippen molar-refractivity contribution in [3.05, 3.63) is 56.2 Å². The molecule has 3 heteroatoms. The first-order valence-corrected chi connectivity index (χ1v) is 7.42. The lowest BCUT2D eigenvalue weighted by atomic mass is 9.75. The van der Waals surface area contributed by atoms with Gasteiger partial charge in [0.25, 0.3) is 0 Å². The van der Waals surface area contributed by atoms with Crippen molar-refractivity contribution >= 4 is 22.9 Å². The van der Waals surface area contributed by atoms with E-state index in [9.17, 15) is 5.11 Å². The van der Waals surface area contributed by atoms with Gasteiger partial charge in [0.15, 0.2) is 0 Å². The van der Waals surface area contributed by atoms with Gasteiger partial charge >= 0.3 is 0 Å². The van der Waals surface area contributed by atoms with Crippen LogP contribution in [0.25, 0.3) is 0 Å². The number of fused-ring (bicyclic) bond motifs is 1. The van der Waals surface area contributed by atoms with E-state index in [2.05, 4.69) is 24.3 Å². The second-order valence-electron chi connectivity index (χ2n) is 4.95. The molecule has 1 heterocycles. The van der Waals surface area contributed by atoms with Gasteiger partial charge in [-0.15, -0.1) is 11.3 Å². The highest BCUT2D eigenvalue weighted by Gasteiger charge is 2.29. The first-order chi connectivity index (χ1) is 8.66. The maximum Gasteiger partial charge on any atom is 0.0903 e. The van der Waals surface area contributed by atoms with Gasteiger partial charge in [-0.3, -0.25) is 0 Å². The van der Waals surface area contributed by atoms with Crippen LogP contribution in [0.1, 0.15) is 40.0 Å². The molecule has 1 aromatic heterocycles. The molecule has 1 aliphatic carbocycles. The Morgan fingerprint density at radius 3 is 2.89 bits per heavy atom. The lowest BCUT2D eigenvalue weighted by Gasteiger charge is -2.31. The van der Waals surface area contributed by atoms with Gasteiger partial charge < -0.3 is 5.11 Å². The van der Waals surface area contributed by atoms with Crippen LogP contribution in [0.3, 0.4) is 0 Å². The third kappa shape index (κ3) is 1.99. The van der Waals surface area contributed by atoms with E-state index in [1.807, 2.05) is 12.3 Å². The molecule has 0 bridgehead atoms. The summed E-state index contributed by atoms with van der Waals surface area (Å²) >= 11 is 7.76. The molecule has 18 heavy (non-hydrogen) atoms. The van der Waals surface area contributed by atoms with Crippen LogP contribution in [0.5, 0.6) is 0 Å². The van der Waals surface area contributed by atoms with E-state index in [0.29, 0.717) is 5.92 Å². The molecule has 3 rings (SSSR count). The zero-order valence-corrected chi connectivity index (χ0v) is 11.8. The van der Waals surface area contributed by atoms with Gasteiger partial charge in [0, 0.05) is 0 Å². The van der Waals surface area contributed by atoms with E-state index in [0.717, 1.165) is 28.3 Å². The highest BCUT2D eigenvalue weighted by Crippen LogP contribution is 2.43. The standard InChI is InChI=1S/C15H15ClOS/c1-9-8-18-15(14(9)16)13(17)7-11-6-10-4-2-3-5-12(10)11/h2-5,8,11,13,17H,6-7H2,1H3. The first kappa shape index (κ1) is 12.2. The third-order valence-corrected chi connectivity index (χ3v) is 5.51. The Morgan fingerprint density at radius 1 is 1.44 bits per heavy atom. The van der Waals surface area contributed by atoms with Crippen LogP contribution in [0.2, 0.25) is 5.02 Å². The predicted octanol–water partition coefficient (Wildman–Crippen LogP) is 4.47. The molecular weight excluding hydrogens is 264 g/mol. The minimum Gasteiger partial charge on any atom is -0.388 e. The average Bonchev–Trinajstić information content (AvgIpc) is 2.67. The molecule has 1 nitrogen and oxygen atoms in total. The molecular formula is C15H15ClOS. The molecule has 1 N–H and O–H groups in total. The summed E-state index contributed by atoms with van der Waals surface area (Å²) in [5.74, 6) is 0.481. The molecule has 0 radical (unpaired) electrons. The minimum atomic E-state index is -0.436. The monoisotopic (exact) mass is 278 g/mol. The number of aliphatic hydroxyl groups is 1. The van der Waals surface area contributed by atoms with Crippen molar-refractivity contribution in [1.29, 1.82) is 0 Å². The number of hydrogen-bond donors (Lipinski definition) is 1. The first-order valence-electron chi connectivity index (χ1n) is 6.16. The molecule has 94 valence electrons. The number of thiophene rings is 1. The average molecular weight is 279 g/mol. The van der Waals surface area contributed by atoms with Crippen molar-refractivity contribution in [2.45, 2.75) is 31.8 Å². The van der Waals surface area contributed by atoms with E-state index in [1.54, 1.807) is 11.3 Å². The second kappa shape index (κ2) is 4.69. The molecule has 1 aromatic carbocycles. The highest BCUT2D eigenvalue weighted by atomic mass is 35.5. The van der Waals surface area contributed by atoms with E-state index in [4.69, 9.17) is 11.6 Å². The van der Waals surface area contributed by atoms with Crippen LogP contribution in [-0.2, 0) is 6.42 Å². The van der Waals surface area contributed by atoms with Gasteiger partial charge in [-0.2, -0.15) is 0 Å². The molecule has 2 atom stereocenters. The van der Waals surface area contributed by atoms with Crippen LogP contribution in [0, 0.1) is 6.92 Å². The van der Waals surface area contributed by atoms with Crippen LogP contribution < -0.4 is 0 Å².